The molecule has 0 saturated carbocycles. The first-order valence-electron chi connectivity index (χ1n) is 7.38. The first-order valence-corrected chi connectivity index (χ1v) is 12.4. The summed E-state index contributed by atoms with van der Waals surface area (Å²) in [6.45, 7) is 7.87. The minimum absolute atomic E-state index is 0.857. The molecule has 23 heavy (non-hydrogen) atoms. The molecule has 0 N–H and O–H groups in total. The van der Waals surface area contributed by atoms with Crippen molar-refractivity contribution in [3.05, 3.63) is 72.5 Å². The number of hydrogen-bond acceptors (Lipinski definition) is 1. The summed E-state index contributed by atoms with van der Waals surface area (Å²) in [6, 6.07) is 16.6. The molecule has 0 unspecified atom stereocenters. The summed E-state index contributed by atoms with van der Waals surface area (Å²) in [4.78, 5) is 2.62. The van der Waals surface area contributed by atoms with Crippen molar-refractivity contribution in [1.82, 2.24) is 0 Å². The third kappa shape index (κ3) is 4.24. The van der Waals surface area contributed by atoms with Crippen LogP contribution in [0.1, 0.15) is 0 Å². The summed E-state index contributed by atoms with van der Waals surface area (Å²) in [5, 5.41) is 4.09. The van der Waals surface area contributed by atoms with Gasteiger partial charge in [-0.1, -0.05) is 24.0 Å². The molecule has 0 bridgehead atoms. The van der Waals surface area contributed by atoms with Crippen LogP contribution in [-0.4, -0.2) is 25.0 Å². The normalized spacial score (nSPS) is 13.2. The molecular weight excluding hydrogens is 320 g/mol. The lowest BCUT2D eigenvalue weighted by molar-refractivity contribution is 0.482. The molecule has 1 nitrogen and oxygen atoms in total. The van der Waals surface area contributed by atoms with Gasteiger partial charge in [0.15, 0.2) is 0 Å². The number of benzene rings is 2. The van der Waals surface area contributed by atoms with E-state index in [4.69, 9.17) is 4.74 Å². The van der Waals surface area contributed by atoms with E-state index in [1.54, 1.807) is 0 Å². The van der Waals surface area contributed by atoms with Gasteiger partial charge in [-0.2, -0.15) is 0 Å². The Morgan fingerprint density at radius 2 is 0.957 bits per heavy atom. The van der Waals surface area contributed by atoms with Crippen LogP contribution in [0.25, 0.3) is 0 Å². The zero-order chi connectivity index (χ0) is 17.1. The van der Waals surface area contributed by atoms with Crippen LogP contribution < -0.4 is 4.74 Å². The largest absolute Gasteiger partial charge is 0.457 e. The van der Waals surface area contributed by atoms with Gasteiger partial charge >= 0.3 is 0 Å². The quantitative estimate of drug-likeness (QED) is 0.571. The molecule has 3 heteroatoms. The lowest BCUT2D eigenvalue weighted by atomic mass is 10.3. The molecule has 0 aliphatic heterocycles. The van der Waals surface area contributed by atoms with E-state index >= 15 is 0 Å². The molecule has 2 aromatic carbocycles. The van der Waals surface area contributed by atoms with E-state index in [2.05, 4.69) is 62.4 Å². The number of ether oxygens (including phenoxy) is 1. The standard InChI is InChI=1S/C20H26OS2/c1-7-22(3,4)19-13-9-17(10-14-19)21-18-11-15-20(16-12-18)23(5,6)8-2/h7-16H,1-2H2,3-6H3. The van der Waals surface area contributed by atoms with Crippen molar-refractivity contribution in [3.63, 3.8) is 0 Å². The van der Waals surface area contributed by atoms with Gasteiger partial charge in [0.25, 0.3) is 0 Å². The average Bonchev–Trinajstić information content (AvgIpc) is 2.56. The second kappa shape index (κ2) is 6.90. The first kappa shape index (κ1) is 17.8. The van der Waals surface area contributed by atoms with Crippen molar-refractivity contribution in [3.8, 4) is 11.5 Å². The number of hydrogen-bond donors (Lipinski definition) is 0. The van der Waals surface area contributed by atoms with Gasteiger partial charge in [-0.3, -0.25) is 0 Å². The van der Waals surface area contributed by atoms with Gasteiger partial charge in [0.2, 0.25) is 0 Å². The van der Waals surface area contributed by atoms with E-state index in [1.165, 1.54) is 9.79 Å². The fraction of sp³-hybridized carbons (Fsp3) is 0.200. The Hall–Kier alpha value is -1.58. The molecule has 0 atom stereocenters. The smallest absolute Gasteiger partial charge is 0.127 e. The molecular formula is C20H26OS2. The fourth-order valence-corrected chi connectivity index (χ4v) is 4.11. The highest BCUT2D eigenvalue weighted by Crippen LogP contribution is 2.51. The minimum Gasteiger partial charge on any atom is -0.457 e. The van der Waals surface area contributed by atoms with Crippen molar-refractivity contribution in [2.75, 3.05) is 25.0 Å². The Kier molecular flexibility index (Phi) is 5.33. The Bertz CT molecular complexity index is 621. The molecule has 0 aliphatic rings. The van der Waals surface area contributed by atoms with E-state index in [0.29, 0.717) is 0 Å². The predicted octanol–water partition coefficient (Wildman–Crippen LogP) is 6.61. The van der Waals surface area contributed by atoms with Gasteiger partial charge in [-0.15, -0.1) is 0 Å². The zero-order valence-corrected chi connectivity index (χ0v) is 16.0. The summed E-state index contributed by atoms with van der Waals surface area (Å²) in [5.41, 5.74) is 0. The van der Waals surface area contributed by atoms with E-state index in [-0.39, 0.29) is 0 Å². The van der Waals surface area contributed by atoms with Crippen molar-refractivity contribution in [2.45, 2.75) is 9.79 Å². The van der Waals surface area contributed by atoms with E-state index < -0.39 is 20.1 Å². The van der Waals surface area contributed by atoms with E-state index in [9.17, 15) is 0 Å². The number of rotatable bonds is 6. The molecule has 0 aliphatic carbocycles. The maximum Gasteiger partial charge on any atom is 0.127 e. The fourth-order valence-electron chi connectivity index (χ4n) is 2.05. The van der Waals surface area contributed by atoms with Gasteiger partial charge in [0.05, 0.1) is 0 Å². The molecule has 0 spiro atoms. The third-order valence-electron chi connectivity index (χ3n) is 3.93. The van der Waals surface area contributed by atoms with Gasteiger partial charge < -0.3 is 4.74 Å². The van der Waals surface area contributed by atoms with Crippen LogP contribution >= 0.6 is 20.1 Å². The molecule has 0 heterocycles. The van der Waals surface area contributed by atoms with Gasteiger partial charge in [0.1, 0.15) is 11.5 Å². The summed E-state index contributed by atoms with van der Waals surface area (Å²) in [6.07, 6.45) is 8.94. The maximum absolute atomic E-state index is 5.95. The van der Waals surface area contributed by atoms with Crippen LogP contribution in [0, 0.1) is 0 Å². The maximum atomic E-state index is 5.95. The Morgan fingerprint density at radius 3 is 1.22 bits per heavy atom. The second-order valence-electron chi connectivity index (χ2n) is 6.19. The second-order valence-corrected chi connectivity index (χ2v) is 13.4. The monoisotopic (exact) mass is 346 g/mol. The third-order valence-corrected chi connectivity index (χ3v) is 8.57. The molecule has 2 aromatic rings. The van der Waals surface area contributed by atoms with Crippen molar-refractivity contribution in [2.24, 2.45) is 0 Å². The topological polar surface area (TPSA) is 9.23 Å². The van der Waals surface area contributed by atoms with Crippen LogP contribution in [0.3, 0.4) is 0 Å². The molecule has 0 radical (unpaired) electrons. The predicted molar refractivity (Wildman–Crippen MR) is 109 cm³/mol. The van der Waals surface area contributed by atoms with Crippen molar-refractivity contribution < 1.29 is 4.74 Å². The lowest BCUT2D eigenvalue weighted by Gasteiger charge is -2.27. The lowest BCUT2D eigenvalue weighted by Crippen LogP contribution is -1.93. The van der Waals surface area contributed by atoms with Crippen LogP contribution in [0.2, 0.25) is 0 Å². The van der Waals surface area contributed by atoms with Crippen LogP contribution in [-0.2, 0) is 0 Å². The van der Waals surface area contributed by atoms with E-state index in [0.717, 1.165) is 11.5 Å². The molecule has 0 saturated heterocycles. The van der Waals surface area contributed by atoms with Gasteiger partial charge in [-0.05, 0) is 83.3 Å². The molecule has 124 valence electrons. The summed E-state index contributed by atoms with van der Waals surface area (Å²) in [7, 11) is -1.82. The average molecular weight is 347 g/mol. The van der Waals surface area contributed by atoms with Crippen LogP contribution in [0.4, 0.5) is 0 Å². The highest BCUT2D eigenvalue weighted by molar-refractivity contribution is 8.35. The van der Waals surface area contributed by atoms with Crippen molar-refractivity contribution >= 4 is 20.1 Å². The summed E-state index contributed by atoms with van der Waals surface area (Å²) < 4.78 is 5.95. The highest BCUT2D eigenvalue weighted by atomic mass is 32.3. The summed E-state index contributed by atoms with van der Waals surface area (Å²) in [5.74, 6) is 1.71. The molecule has 2 rings (SSSR count). The first-order chi connectivity index (χ1) is 10.8. The van der Waals surface area contributed by atoms with Crippen LogP contribution in [0.5, 0.6) is 11.5 Å². The zero-order valence-electron chi connectivity index (χ0n) is 14.4. The van der Waals surface area contributed by atoms with Gasteiger partial charge in [0, 0.05) is 0 Å². The highest BCUT2D eigenvalue weighted by Gasteiger charge is 2.11. The Labute approximate surface area is 143 Å². The molecule has 0 fully saturated rings. The molecule has 0 amide bonds. The van der Waals surface area contributed by atoms with Crippen molar-refractivity contribution in [1.29, 1.82) is 0 Å². The van der Waals surface area contributed by atoms with E-state index in [1.807, 2.05) is 35.1 Å². The Balaban J connectivity index is 2.14. The SMILES string of the molecule is C=CS(C)(C)c1ccc(Oc2ccc(S(C)(C)C=C)cc2)cc1. The summed E-state index contributed by atoms with van der Waals surface area (Å²) >= 11 is 0. The van der Waals surface area contributed by atoms with Gasteiger partial charge in [-0.25, -0.2) is 20.1 Å². The minimum atomic E-state index is -0.911. The Morgan fingerprint density at radius 1 is 0.652 bits per heavy atom. The molecule has 0 aromatic heterocycles. The van der Waals surface area contributed by atoms with Crippen LogP contribution in [0.15, 0.2) is 82.3 Å².